The Morgan fingerprint density at radius 2 is 2.19 bits per heavy atom. The van der Waals surface area contributed by atoms with Crippen LogP contribution in [-0.4, -0.2) is 35.9 Å². The minimum absolute atomic E-state index is 0.118. The highest BCUT2D eigenvalue weighted by Crippen LogP contribution is 2.21. The molecule has 0 aromatic rings. The zero-order valence-electron chi connectivity index (χ0n) is 9.86. The molecule has 0 N–H and O–H groups in total. The lowest BCUT2D eigenvalue weighted by molar-refractivity contribution is 0.0117. The Bertz CT molecular complexity index is 306. The Morgan fingerprint density at radius 3 is 2.69 bits per heavy atom. The fourth-order valence-corrected chi connectivity index (χ4v) is 1.54. The van der Waals surface area contributed by atoms with E-state index in [1.165, 1.54) is 4.90 Å². The summed E-state index contributed by atoms with van der Waals surface area (Å²) in [6.45, 7) is 5.75. The van der Waals surface area contributed by atoms with E-state index in [1.807, 2.05) is 6.07 Å². The van der Waals surface area contributed by atoms with Crippen molar-refractivity contribution in [3.8, 4) is 6.07 Å². The number of hydrogen-bond donors (Lipinski definition) is 0. The Balaban J connectivity index is 2.56. The van der Waals surface area contributed by atoms with E-state index in [4.69, 9.17) is 10.00 Å². The van der Waals surface area contributed by atoms with E-state index < -0.39 is 23.8 Å². The standard InChI is InChI=1S/C11H17FN2O2/c1-11(2,3)16-10(15)14-5-4-9(12)8(6-13)7-14/h8-9H,4-5,7H2,1-3H3/t8-,9+/m1/s1. The van der Waals surface area contributed by atoms with Crippen LogP contribution >= 0.6 is 0 Å². The van der Waals surface area contributed by atoms with Crippen molar-refractivity contribution in [2.75, 3.05) is 13.1 Å². The highest BCUT2D eigenvalue weighted by Gasteiger charge is 2.33. The largest absolute Gasteiger partial charge is 0.444 e. The van der Waals surface area contributed by atoms with Gasteiger partial charge in [0.2, 0.25) is 0 Å². The van der Waals surface area contributed by atoms with Gasteiger partial charge in [0.1, 0.15) is 11.8 Å². The van der Waals surface area contributed by atoms with Crippen molar-refractivity contribution in [2.45, 2.75) is 39.0 Å². The van der Waals surface area contributed by atoms with Crippen LogP contribution in [0.5, 0.6) is 0 Å². The monoisotopic (exact) mass is 228 g/mol. The molecule has 1 aliphatic rings. The fraction of sp³-hybridized carbons (Fsp3) is 0.818. The summed E-state index contributed by atoms with van der Waals surface area (Å²) in [6.07, 6.45) is -1.40. The summed E-state index contributed by atoms with van der Waals surface area (Å²) in [5.41, 5.74) is -0.564. The molecule has 0 bridgehead atoms. The summed E-state index contributed by atoms with van der Waals surface area (Å²) in [7, 11) is 0. The first kappa shape index (κ1) is 12.8. The second-order valence-corrected chi connectivity index (χ2v) is 4.97. The number of halogens is 1. The molecule has 1 rings (SSSR count). The minimum Gasteiger partial charge on any atom is -0.444 e. The zero-order valence-corrected chi connectivity index (χ0v) is 9.86. The first-order chi connectivity index (χ1) is 7.33. The number of piperidine rings is 1. The van der Waals surface area contributed by atoms with E-state index in [1.54, 1.807) is 20.8 Å². The molecule has 0 aliphatic carbocycles. The molecule has 1 amide bonds. The lowest BCUT2D eigenvalue weighted by atomic mass is 9.98. The number of ether oxygens (including phenoxy) is 1. The van der Waals surface area contributed by atoms with Gasteiger partial charge in [-0.3, -0.25) is 0 Å². The average molecular weight is 228 g/mol. The van der Waals surface area contributed by atoms with Gasteiger partial charge in [-0.15, -0.1) is 0 Å². The Labute approximate surface area is 95.0 Å². The predicted octanol–water partition coefficient (Wildman–Crippen LogP) is 2.11. The van der Waals surface area contributed by atoms with Gasteiger partial charge in [0.05, 0.1) is 12.0 Å². The Hall–Kier alpha value is -1.31. The van der Waals surface area contributed by atoms with Crippen molar-refractivity contribution in [3.63, 3.8) is 0 Å². The summed E-state index contributed by atoms with van der Waals surface area (Å²) in [6, 6.07) is 1.88. The number of amides is 1. The maximum absolute atomic E-state index is 13.2. The highest BCUT2D eigenvalue weighted by molar-refractivity contribution is 5.68. The molecule has 16 heavy (non-hydrogen) atoms. The molecule has 1 aliphatic heterocycles. The number of carbonyl (C=O) groups excluding carboxylic acids is 1. The summed E-state index contributed by atoms with van der Waals surface area (Å²) in [5.74, 6) is -0.735. The van der Waals surface area contributed by atoms with Crippen molar-refractivity contribution in [3.05, 3.63) is 0 Å². The van der Waals surface area contributed by atoms with E-state index in [0.717, 1.165) is 0 Å². The lowest BCUT2D eigenvalue weighted by Crippen LogP contribution is -2.46. The second kappa shape index (κ2) is 4.69. The van der Waals surface area contributed by atoms with E-state index in [-0.39, 0.29) is 13.0 Å². The number of nitrogens with zero attached hydrogens (tertiary/aromatic N) is 2. The molecular weight excluding hydrogens is 211 g/mol. The average Bonchev–Trinajstić information content (AvgIpc) is 2.15. The van der Waals surface area contributed by atoms with Gasteiger partial charge in [0.25, 0.3) is 0 Å². The molecule has 0 unspecified atom stereocenters. The number of alkyl halides is 1. The number of likely N-dealkylation sites (tertiary alicyclic amines) is 1. The molecule has 0 aromatic carbocycles. The van der Waals surface area contributed by atoms with Crippen LogP contribution in [0.4, 0.5) is 9.18 Å². The van der Waals surface area contributed by atoms with Crippen molar-refractivity contribution in [1.82, 2.24) is 4.90 Å². The van der Waals surface area contributed by atoms with Gasteiger partial charge in [-0.2, -0.15) is 5.26 Å². The lowest BCUT2D eigenvalue weighted by Gasteiger charge is -2.33. The summed E-state index contributed by atoms with van der Waals surface area (Å²) < 4.78 is 18.4. The van der Waals surface area contributed by atoms with E-state index in [9.17, 15) is 9.18 Å². The topological polar surface area (TPSA) is 53.3 Å². The van der Waals surface area contributed by atoms with E-state index >= 15 is 0 Å². The predicted molar refractivity (Wildman–Crippen MR) is 56.4 cm³/mol. The van der Waals surface area contributed by atoms with Gasteiger partial charge in [0.15, 0.2) is 0 Å². The maximum atomic E-state index is 13.2. The van der Waals surface area contributed by atoms with Crippen LogP contribution in [0.2, 0.25) is 0 Å². The molecule has 0 aromatic heterocycles. The minimum atomic E-state index is -1.14. The molecule has 5 heteroatoms. The molecule has 4 nitrogen and oxygen atoms in total. The number of hydrogen-bond acceptors (Lipinski definition) is 3. The summed E-state index contributed by atoms with van der Waals surface area (Å²) in [5, 5.41) is 8.72. The van der Waals surface area contributed by atoms with Crippen molar-refractivity contribution in [1.29, 1.82) is 5.26 Å². The smallest absolute Gasteiger partial charge is 0.410 e. The summed E-state index contributed by atoms with van der Waals surface area (Å²) in [4.78, 5) is 13.1. The number of nitriles is 1. The van der Waals surface area contributed by atoms with Crippen LogP contribution < -0.4 is 0 Å². The molecule has 0 spiro atoms. The Morgan fingerprint density at radius 1 is 1.56 bits per heavy atom. The van der Waals surface area contributed by atoms with Gasteiger partial charge in [0, 0.05) is 13.1 Å². The van der Waals surface area contributed by atoms with Gasteiger partial charge < -0.3 is 9.64 Å². The number of carbonyl (C=O) groups is 1. The van der Waals surface area contributed by atoms with Crippen molar-refractivity contribution < 1.29 is 13.9 Å². The fourth-order valence-electron chi connectivity index (χ4n) is 1.54. The molecule has 0 radical (unpaired) electrons. The normalized spacial score (nSPS) is 26.1. The van der Waals surface area contributed by atoms with Gasteiger partial charge in [-0.05, 0) is 27.2 Å². The first-order valence-electron chi connectivity index (χ1n) is 5.35. The molecule has 90 valence electrons. The highest BCUT2D eigenvalue weighted by atomic mass is 19.1. The van der Waals surface area contributed by atoms with Crippen LogP contribution in [0.1, 0.15) is 27.2 Å². The van der Waals surface area contributed by atoms with Crippen molar-refractivity contribution in [2.24, 2.45) is 5.92 Å². The maximum Gasteiger partial charge on any atom is 0.410 e. The van der Waals surface area contributed by atoms with Gasteiger partial charge in [-0.1, -0.05) is 0 Å². The SMILES string of the molecule is CC(C)(C)OC(=O)N1CC[C@H](F)[C@H](C#N)C1. The molecule has 1 saturated heterocycles. The third-order valence-electron chi connectivity index (χ3n) is 2.35. The molecular formula is C11H17FN2O2. The Kier molecular flexibility index (Phi) is 3.74. The van der Waals surface area contributed by atoms with Crippen LogP contribution in [0.3, 0.4) is 0 Å². The summed E-state index contributed by atoms with van der Waals surface area (Å²) >= 11 is 0. The molecule has 1 fully saturated rings. The molecule has 2 atom stereocenters. The van der Waals surface area contributed by atoms with Crippen LogP contribution in [0.15, 0.2) is 0 Å². The van der Waals surface area contributed by atoms with Crippen molar-refractivity contribution >= 4 is 6.09 Å². The second-order valence-electron chi connectivity index (χ2n) is 4.97. The van der Waals surface area contributed by atoms with Gasteiger partial charge in [-0.25, -0.2) is 9.18 Å². The number of rotatable bonds is 0. The van der Waals surface area contributed by atoms with E-state index in [0.29, 0.717) is 6.54 Å². The quantitative estimate of drug-likeness (QED) is 0.638. The van der Waals surface area contributed by atoms with Crippen LogP contribution in [0, 0.1) is 17.2 Å². The van der Waals surface area contributed by atoms with Gasteiger partial charge >= 0.3 is 6.09 Å². The van der Waals surface area contributed by atoms with Crippen LogP contribution in [-0.2, 0) is 4.74 Å². The third kappa shape index (κ3) is 3.37. The first-order valence-corrected chi connectivity index (χ1v) is 5.35. The van der Waals surface area contributed by atoms with E-state index in [2.05, 4.69) is 0 Å². The molecule has 0 saturated carbocycles. The third-order valence-corrected chi connectivity index (χ3v) is 2.35. The molecule has 1 heterocycles. The van der Waals surface area contributed by atoms with Crippen LogP contribution in [0.25, 0.3) is 0 Å². The zero-order chi connectivity index (χ0) is 12.3.